The van der Waals surface area contributed by atoms with Crippen LogP contribution < -0.4 is 0 Å². The molecule has 0 spiro atoms. The maximum atomic E-state index is 9.68. The fourth-order valence-electron chi connectivity index (χ4n) is 1.75. The Hall–Kier alpha value is -0.0800. The van der Waals surface area contributed by atoms with E-state index in [1.54, 1.807) is 0 Å². The molecular formula is C12H25NO. The first-order valence-corrected chi connectivity index (χ1v) is 5.85. The molecule has 0 bridgehead atoms. The van der Waals surface area contributed by atoms with Gasteiger partial charge in [0.1, 0.15) is 0 Å². The summed E-state index contributed by atoms with van der Waals surface area (Å²) in [5.74, 6) is 0.734. The van der Waals surface area contributed by atoms with E-state index in [4.69, 9.17) is 0 Å². The van der Waals surface area contributed by atoms with Crippen LogP contribution in [0.5, 0.6) is 0 Å². The Labute approximate surface area is 88.3 Å². The van der Waals surface area contributed by atoms with Crippen LogP contribution in [0, 0.1) is 5.92 Å². The van der Waals surface area contributed by atoms with E-state index in [-0.39, 0.29) is 0 Å². The molecule has 84 valence electrons. The van der Waals surface area contributed by atoms with E-state index in [1.807, 2.05) is 13.8 Å². The fraction of sp³-hybridized carbons (Fsp3) is 1.00. The summed E-state index contributed by atoms with van der Waals surface area (Å²) >= 11 is 0. The lowest BCUT2D eigenvalue weighted by Gasteiger charge is -2.27. The predicted molar refractivity (Wildman–Crippen MR) is 60.3 cm³/mol. The molecule has 2 heteroatoms. The molecule has 1 aliphatic carbocycles. The third-order valence-electron chi connectivity index (χ3n) is 2.67. The zero-order valence-corrected chi connectivity index (χ0v) is 10.1. The van der Waals surface area contributed by atoms with Gasteiger partial charge in [-0.2, -0.15) is 0 Å². The first kappa shape index (κ1) is 12.0. The summed E-state index contributed by atoms with van der Waals surface area (Å²) in [5.41, 5.74) is -0.510. The highest BCUT2D eigenvalue weighted by atomic mass is 16.3. The van der Waals surface area contributed by atoms with E-state index in [1.165, 1.54) is 19.4 Å². The molecule has 0 radical (unpaired) electrons. The van der Waals surface area contributed by atoms with E-state index in [2.05, 4.69) is 18.7 Å². The lowest BCUT2D eigenvalue weighted by atomic mass is 10.0. The van der Waals surface area contributed by atoms with Gasteiger partial charge in [-0.1, -0.05) is 13.8 Å². The fourth-order valence-corrected chi connectivity index (χ4v) is 1.75. The number of hydrogen-bond donors (Lipinski definition) is 1. The standard InChI is InChI=1S/C12H25NO/c1-10(2)9-13(11-5-6-11)8-7-12(3,4)14/h10-11,14H,5-9H2,1-4H3. The third kappa shape index (κ3) is 4.97. The molecule has 1 fully saturated rings. The molecule has 0 atom stereocenters. The maximum absolute atomic E-state index is 9.68. The summed E-state index contributed by atoms with van der Waals surface area (Å²) in [7, 11) is 0. The van der Waals surface area contributed by atoms with Gasteiger partial charge in [-0.25, -0.2) is 0 Å². The van der Waals surface area contributed by atoms with Crippen LogP contribution in [0.15, 0.2) is 0 Å². The number of aliphatic hydroxyl groups is 1. The summed E-state index contributed by atoms with van der Waals surface area (Å²) < 4.78 is 0. The predicted octanol–water partition coefficient (Wildman–Crippen LogP) is 2.27. The summed E-state index contributed by atoms with van der Waals surface area (Å²) in [4.78, 5) is 2.54. The molecule has 1 rings (SSSR count). The topological polar surface area (TPSA) is 23.5 Å². The molecule has 0 aliphatic heterocycles. The average Bonchev–Trinajstić information content (AvgIpc) is 2.77. The summed E-state index contributed by atoms with van der Waals surface area (Å²) in [6, 6.07) is 0.819. The van der Waals surface area contributed by atoms with Crippen molar-refractivity contribution in [3.05, 3.63) is 0 Å². The van der Waals surface area contributed by atoms with Crippen molar-refractivity contribution >= 4 is 0 Å². The molecule has 1 N–H and O–H groups in total. The van der Waals surface area contributed by atoms with Gasteiger partial charge in [0, 0.05) is 19.1 Å². The Morgan fingerprint density at radius 3 is 2.29 bits per heavy atom. The highest BCUT2D eigenvalue weighted by Gasteiger charge is 2.29. The van der Waals surface area contributed by atoms with E-state index in [0.29, 0.717) is 0 Å². The quantitative estimate of drug-likeness (QED) is 0.709. The minimum Gasteiger partial charge on any atom is -0.390 e. The minimum absolute atomic E-state index is 0.510. The van der Waals surface area contributed by atoms with Crippen LogP contribution in [0.4, 0.5) is 0 Å². The van der Waals surface area contributed by atoms with Crippen molar-refractivity contribution in [1.82, 2.24) is 4.90 Å². The zero-order chi connectivity index (χ0) is 10.8. The summed E-state index contributed by atoms with van der Waals surface area (Å²) in [5, 5.41) is 9.68. The van der Waals surface area contributed by atoms with E-state index in [9.17, 15) is 5.11 Å². The van der Waals surface area contributed by atoms with Crippen molar-refractivity contribution in [3.63, 3.8) is 0 Å². The van der Waals surface area contributed by atoms with Crippen molar-refractivity contribution in [1.29, 1.82) is 0 Å². The second kappa shape index (κ2) is 4.63. The molecule has 0 unspecified atom stereocenters. The Bertz CT molecular complexity index is 168. The average molecular weight is 199 g/mol. The zero-order valence-electron chi connectivity index (χ0n) is 10.1. The van der Waals surface area contributed by atoms with Crippen LogP contribution in [0.3, 0.4) is 0 Å². The molecule has 0 saturated heterocycles. The third-order valence-corrected chi connectivity index (χ3v) is 2.67. The molecule has 2 nitrogen and oxygen atoms in total. The van der Waals surface area contributed by atoms with Crippen LogP contribution in [-0.4, -0.2) is 34.7 Å². The summed E-state index contributed by atoms with van der Waals surface area (Å²) in [6.45, 7) is 10.5. The second-order valence-corrected chi connectivity index (χ2v) is 5.68. The largest absolute Gasteiger partial charge is 0.390 e. The van der Waals surface area contributed by atoms with E-state index >= 15 is 0 Å². The van der Waals surface area contributed by atoms with Gasteiger partial charge in [-0.3, -0.25) is 0 Å². The molecule has 0 aromatic heterocycles. The molecule has 0 aromatic rings. The monoisotopic (exact) mass is 199 g/mol. The lowest BCUT2D eigenvalue weighted by Crippen LogP contribution is -2.35. The van der Waals surface area contributed by atoms with Crippen molar-refractivity contribution < 1.29 is 5.11 Å². The Balaban J connectivity index is 2.28. The van der Waals surface area contributed by atoms with Crippen molar-refractivity contribution in [2.75, 3.05) is 13.1 Å². The number of nitrogens with zero attached hydrogens (tertiary/aromatic N) is 1. The molecule has 14 heavy (non-hydrogen) atoms. The van der Waals surface area contributed by atoms with Crippen molar-refractivity contribution in [2.45, 2.75) is 58.6 Å². The SMILES string of the molecule is CC(C)CN(CCC(C)(C)O)C1CC1. The van der Waals surface area contributed by atoms with Crippen LogP contribution in [-0.2, 0) is 0 Å². The first-order valence-electron chi connectivity index (χ1n) is 5.85. The highest BCUT2D eigenvalue weighted by molar-refractivity contribution is 4.85. The minimum atomic E-state index is -0.510. The van der Waals surface area contributed by atoms with Gasteiger partial charge in [-0.05, 0) is 39.0 Å². The molecule has 0 heterocycles. The van der Waals surface area contributed by atoms with Gasteiger partial charge in [0.25, 0.3) is 0 Å². The Morgan fingerprint density at radius 2 is 1.93 bits per heavy atom. The van der Waals surface area contributed by atoms with E-state index in [0.717, 1.165) is 24.9 Å². The molecule has 1 aliphatic rings. The van der Waals surface area contributed by atoms with Gasteiger partial charge in [0.05, 0.1) is 5.60 Å². The molecule has 1 saturated carbocycles. The van der Waals surface area contributed by atoms with Gasteiger partial charge in [0.2, 0.25) is 0 Å². The molecular weight excluding hydrogens is 174 g/mol. The van der Waals surface area contributed by atoms with Crippen LogP contribution in [0.25, 0.3) is 0 Å². The summed E-state index contributed by atoms with van der Waals surface area (Å²) in [6.07, 6.45) is 3.60. The Morgan fingerprint density at radius 1 is 1.36 bits per heavy atom. The lowest BCUT2D eigenvalue weighted by molar-refractivity contribution is 0.0547. The van der Waals surface area contributed by atoms with Crippen molar-refractivity contribution in [2.24, 2.45) is 5.92 Å². The van der Waals surface area contributed by atoms with Crippen LogP contribution in [0.2, 0.25) is 0 Å². The molecule has 0 aromatic carbocycles. The van der Waals surface area contributed by atoms with Gasteiger partial charge >= 0.3 is 0 Å². The van der Waals surface area contributed by atoms with Crippen molar-refractivity contribution in [3.8, 4) is 0 Å². The number of hydrogen-bond acceptors (Lipinski definition) is 2. The van der Waals surface area contributed by atoms with Gasteiger partial charge in [-0.15, -0.1) is 0 Å². The smallest absolute Gasteiger partial charge is 0.0603 e. The highest BCUT2D eigenvalue weighted by Crippen LogP contribution is 2.28. The van der Waals surface area contributed by atoms with Gasteiger partial charge < -0.3 is 10.0 Å². The maximum Gasteiger partial charge on any atom is 0.0603 e. The first-order chi connectivity index (χ1) is 6.38. The Kier molecular flexibility index (Phi) is 3.96. The van der Waals surface area contributed by atoms with E-state index < -0.39 is 5.60 Å². The van der Waals surface area contributed by atoms with Gasteiger partial charge in [0.15, 0.2) is 0 Å². The molecule has 0 amide bonds. The number of rotatable bonds is 6. The second-order valence-electron chi connectivity index (χ2n) is 5.68. The van der Waals surface area contributed by atoms with Crippen LogP contribution in [0.1, 0.15) is 47.0 Å². The van der Waals surface area contributed by atoms with Crippen LogP contribution >= 0.6 is 0 Å². The normalized spacial score (nSPS) is 18.2.